The lowest BCUT2D eigenvalue weighted by atomic mass is 10.1. The number of nitro benzene ring substituents is 1. The van der Waals surface area contributed by atoms with Crippen molar-refractivity contribution in [3.63, 3.8) is 0 Å². The molecular weight excluding hydrogens is 294 g/mol. The molecular formula is C13H13N3O4S. The molecule has 0 aliphatic rings. The maximum Gasteiger partial charge on any atom is 0.306 e. The first-order valence-corrected chi connectivity index (χ1v) is 7.09. The van der Waals surface area contributed by atoms with Crippen LogP contribution in [0.15, 0.2) is 24.3 Å². The number of non-ortho nitro benzene ring substituents is 1. The van der Waals surface area contributed by atoms with Crippen LogP contribution in [0.2, 0.25) is 0 Å². The number of hydrogen-bond donors (Lipinski definition) is 1. The minimum absolute atomic E-state index is 0.0266. The molecule has 0 aliphatic carbocycles. The summed E-state index contributed by atoms with van der Waals surface area (Å²) in [6.45, 7) is 1.65. The van der Waals surface area contributed by atoms with Crippen molar-refractivity contribution in [3.8, 4) is 10.6 Å². The Hall–Kier alpha value is -2.35. The van der Waals surface area contributed by atoms with Gasteiger partial charge >= 0.3 is 5.97 Å². The molecule has 1 aromatic heterocycles. The zero-order chi connectivity index (χ0) is 15.4. The smallest absolute Gasteiger partial charge is 0.306 e. The van der Waals surface area contributed by atoms with Gasteiger partial charge in [-0.3, -0.25) is 14.9 Å². The van der Waals surface area contributed by atoms with Crippen LogP contribution >= 0.6 is 11.3 Å². The predicted molar refractivity (Wildman–Crippen MR) is 77.1 cm³/mol. The van der Waals surface area contributed by atoms with Gasteiger partial charge in [-0.15, -0.1) is 10.2 Å². The molecule has 1 unspecified atom stereocenters. The normalized spacial score (nSPS) is 12.0. The highest BCUT2D eigenvalue weighted by molar-refractivity contribution is 7.14. The highest BCUT2D eigenvalue weighted by atomic mass is 32.1. The van der Waals surface area contributed by atoms with Gasteiger partial charge in [0.2, 0.25) is 0 Å². The van der Waals surface area contributed by atoms with Gasteiger partial charge in [-0.2, -0.15) is 0 Å². The molecule has 21 heavy (non-hydrogen) atoms. The molecule has 1 atom stereocenters. The fourth-order valence-corrected chi connectivity index (χ4v) is 2.52. The second kappa shape index (κ2) is 6.40. The van der Waals surface area contributed by atoms with E-state index in [0.29, 0.717) is 17.8 Å². The molecule has 0 fully saturated rings. The molecule has 7 nitrogen and oxygen atoms in total. The maximum atomic E-state index is 10.7. The summed E-state index contributed by atoms with van der Waals surface area (Å²) >= 11 is 1.37. The number of aliphatic carboxylic acids is 1. The predicted octanol–water partition coefficient (Wildman–Crippen LogP) is 2.77. The molecule has 8 heteroatoms. The first kappa shape index (κ1) is 15.0. The third kappa shape index (κ3) is 3.82. The summed E-state index contributed by atoms with van der Waals surface area (Å²) in [6.07, 6.45) is 1.06. The van der Waals surface area contributed by atoms with Gasteiger partial charge in [-0.05, 0) is 18.6 Å². The van der Waals surface area contributed by atoms with E-state index in [1.54, 1.807) is 19.1 Å². The van der Waals surface area contributed by atoms with Crippen molar-refractivity contribution >= 4 is 23.0 Å². The van der Waals surface area contributed by atoms with Gasteiger partial charge in [-0.1, -0.05) is 18.3 Å². The number of rotatable bonds is 6. The third-order valence-corrected chi connectivity index (χ3v) is 4.04. The van der Waals surface area contributed by atoms with E-state index in [1.165, 1.54) is 23.5 Å². The van der Waals surface area contributed by atoms with Gasteiger partial charge in [0.05, 0.1) is 10.8 Å². The van der Waals surface area contributed by atoms with Crippen LogP contribution in [0.1, 0.15) is 18.4 Å². The van der Waals surface area contributed by atoms with Crippen molar-refractivity contribution in [3.05, 3.63) is 39.4 Å². The number of aryl methyl sites for hydroxylation is 1. The summed E-state index contributed by atoms with van der Waals surface area (Å²) in [7, 11) is 0. The number of hydrogen-bond acceptors (Lipinski definition) is 6. The lowest BCUT2D eigenvalue weighted by Gasteiger charge is -2.02. The zero-order valence-electron chi connectivity index (χ0n) is 11.2. The lowest BCUT2D eigenvalue weighted by Crippen LogP contribution is -2.10. The Morgan fingerprint density at radius 2 is 2.05 bits per heavy atom. The Bertz CT molecular complexity index is 654. The van der Waals surface area contributed by atoms with E-state index in [2.05, 4.69) is 10.2 Å². The van der Waals surface area contributed by atoms with Gasteiger partial charge in [0, 0.05) is 24.1 Å². The number of nitrogens with zero attached hydrogens (tertiary/aromatic N) is 3. The van der Waals surface area contributed by atoms with Gasteiger partial charge in [-0.25, -0.2) is 0 Å². The Morgan fingerprint density at radius 1 is 1.38 bits per heavy atom. The first-order chi connectivity index (χ1) is 9.97. The SMILES string of the molecule is CC(CCc1nnc(-c2ccc([N+](=O)[O-])cc2)s1)C(=O)O. The van der Waals surface area contributed by atoms with Crippen molar-refractivity contribution in [2.24, 2.45) is 5.92 Å². The minimum Gasteiger partial charge on any atom is -0.481 e. The molecule has 1 aromatic carbocycles. The van der Waals surface area contributed by atoms with Crippen molar-refractivity contribution < 1.29 is 14.8 Å². The van der Waals surface area contributed by atoms with Gasteiger partial charge in [0.1, 0.15) is 10.0 Å². The van der Waals surface area contributed by atoms with Crippen molar-refractivity contribution in [1.82, 2.24) is 10.2 Å². The van der Waals surface area contributed by atoms with E-state index < -0.39 is 16.8 Å². The first-order valence-electron chi connectivity index (χ1n) is 6.27. The van der Waals surface area contributed by atoms with Crippen LogP contribution in [0.3, 0.4) is 0 Å². The van der Waals surface area contributed by atoms with Gasteiger partial charge < -0.3 is 5.11 Å². The average Bonchev–Trinajstić information content (AvgIpc) is 2.93. The monoisotopic (exact) mass is 307 g/mol. The standard InChI is InChI=1S/C13H13N3O4S/c1-8(13(17)18)2-7-11-14-15-12(21-11)9-3-5-10(6-4-9)16(19)20/h3-6,8H,2,7H2,1H3,(H,17,18). The molecule has 1 N–H and O–H groups in total. The average molecular weight is 307 g/mol. The molecule has 1 heterocycles. The highest BCUT2D eigenvalue weighted by Gasteiger charge is 2.13. The Labute approximate surface area is 124 Å². The third-order valence-electron chi connectivity index (χ3n) is 3.00. The summed E-state index contributed by atoms with van der Waals surface area (Å²) < 4.78 is 0. The van der Waals surface area contributed by atoms with E-state index in [4.69, 9.17) is 5.11 Å². The number of nitro groups is 1. The molecule has 2 rings (SSSR count). The van der Waals surface area contributed by atoms with Gasteiger partial charge in [0.25, 0.3) is 5.69 Å². The summed E-state index contributed by atoms with van der Waals surface area (Å²) in [6, 6.07) is 6.09. The van der Waals surface area contributed by atoms with Crippen LogP contribution in [-0.4, -0.2) is 26.2 Å². The van der Waals surface area contributed by atoms with Crippen LogP contribution < -0.4 is 0 Å². The summed E-state index contributed by atoms with van der Waals surface area (Å²) in [5.74, 6) is -1.24. The van der Waals surface area contributed by atoms with E-state index in [1.807, 2.05) is 0 Å². The van der Waals surface area contributed by atoms with E-state index in [0.717, 1.165) is 10.6 Å². The second-order valence-electron chi connectivity index (χ2n) is 4.58. The Balaban J connectivity index is 2.05. The molecule has 0 bridgehead atoms. The number of benzene rings is 1. The molecule has 0 amide bonds. The topological polar surface area (TPSA) is 106 Å². The van der Waals surface area contributed by atoms with Crippen LogP contribution in [0.25, 0.3) is 10.6 Å². The lowest BCUT2D eigenvalue weighted by molar-refractivity contribution is -0.384. The van der Waals surface area contributed by atoms with E-state index in [9.17, 15) is 14.9 Å². The zero-order valence-corrected chi connectivity index (χ0v) is 12.0. The number of carbonyl (C=O) groups is 1. The van der Waals surface area contributed by atoms with Crippen molar-refractivity contribution in [2.75, 3.05) is 0 Å². The molecule has 0 aliphatic heterocycles. The fourth-order valence-electron chi connectivity index (χ4n) is 1.66. The van der Waals surface area contributed by atoms with Crippen LogP contribution in [0, 0.1) is 16.0 Å². The van der Waals surface area contributed by atoms with Crippen LogP contribution in [0.5, 0.6) is 0 Å². The molecule has 0 saturated carbocycles. The van der Waals surface area contributed by atoms with Gasteiger partial charge in [0.15, 0.2) is 0 Å². The van der Waals surface area contributed by atoms with E-state index in [-0.39, 0.29) is 5.69 Å². The highest BCUT2D eigenvalue weighted by Crippen LogP contribution is 2.26. The molecule has 110 valence electrons. The molecule has 0 spiro atoms. The molecule has 0 saturated heterocycles. The summed E-state index contributed by atoms with van der Waals surface area (Å²) in [5.41, 5.74) is 0.786. The maximum absolute atomic E-state index is 10.7. The second-order valence-corrected chi connectivity index (χ2v) is 5.64. The van der Waals surface area contributed by atoms with Crippen LogP contribution in [-0.2, 0) is 11.2 Å². The Kier molecular flexibility index (Phi) is 4.59. The molecule has 2 aromatic rings. The minimum atomic E-state index is -0.824. The fraction of sp³-hybridized carbons (Fsp3) is 0.308. The number of aromatic nitrogens is 2. The molecule has 0 radical (unpaired) electrons. The summed E-state index contributed by atoms with van der Waals surface area (Å²) in [4.78, 5) is 20.9. The number of carboxylic acids is 1. The summed E-state index contributed by atoms with van der Waals surface area (Å²) in [5, 5.41) is 28.9. The Morgan fingerprint density at radius 3 is 2.62 bits per heavy atom. The van der Waals surface area contributed by atoms with Crippen LogP contribution in [0.4, 0.5) is 5.69 Å². The van der Waals surface area contributed by atoms with E-state index >= 15 is 0 Å². The largest absolute Gasteiger partial charge is 0.481 e. The quantitative estimate of drug-likeness (QED) is 0.649. The number of carboxylic acid groups (broad SMARTS) is 1. The van der Waals surface area contributed by atoms with Crippen molar-refractivity contribution in [2.45, 2.75) is 19.8 Å². The van der Waals surface area contributed by atoms with Crippen molar-refractivity contribution in [1.29, 1.82) is 0 Å².